The molecule has 96 valence electrons. The molecule has 0 N–H and O–H groups in total. The number of carbonyl (C=O) groups excluding carboxylic acids is 1. The Morgan fingerprint density at radius 2 is 1.56 bits per heavy atom. The van der Waals surface area contributed by atoms with Crippen molar-refractivity contribution in [1.29, 1.82) is 0 Å². The van der Waals surface area contributed by atoms with Crippen molar-refractivity contribution < 1.29 is 14.0 Å². The van der Waals surface area contributed by atoms with Gasteiger partial charge in [0.05, 0.1) is 18.6 Å². The van der Waals surface area contributed by atoms with E-state index in [9.17, 15) is 4.79 Å². The molecule has 0 aliphatic carbocycles. The summed E-state index contributed by atoms with van der Waals surface area (Å²) in [5.74, 6) is -0.206. The van der Waals surface area contributed by atoms with Crippen molar-refractivity contribution >= 4 is 15.0 Å². The van der Waals surface area contributed by atoms with Crippen LogP contribution < -0.4 is 0 Å². The van der Waals surface area contributed by atoms with Gasteiger partial charge in [0.1, 0.15) is 0 Å². The predicted octanol–water partition coefficient (Wildman–Crippen LogP) is 2.60. The molecule has 16 heavy (non-hydrogen) atoms. The van der Waals surface area contributed by atoms with E-state index in [0.717, 1.165) is 0 Å². The summed E-state index contributed by atoms with van der Waals surface area (Å²) in [7, 11) is 0.239. The molecule has 0 aliphatic rings. The van der Waals surface area contributed by atoms with Crippen LogP contribution in [0.4, 0.5) is 0 Å². The minimum absolute atomic E-state index is 0.0744. The Labute approximate surface area is 101 Å². The molecule has 0 aromatic heterocycles. The largest absolute Gasteiger partial charge is 0.469 e. The summed E-state index contributed by atoms with van der Waals surface area (Å²) >= 11 is 0. The van der Waals surface area contributed by atoms with Crippen molar-refractivity contribution in [3.63, 3.8) is 0 Å². The quantitative estimate of drug-likeness (QED) is 0.565. The third-order valence-electron chi connectivity index (χ3n) is 2.56. The smallest absolute Gasteiger partial charge is 0.313 e. The van der Waals surface area contributed by atoms with Gasteiger partial charge in [-0.05, 0) is 32.4 Å². The van der Waals surface area contributed by atoms with Gasteiger partial charge in [0.25, 0.3) is 0 Å². The summed E-state index contributed by atoms with van der Waals surface area (Å²) in [5, 5.41) is 0. The van der Waals surface area contributed by atoms with Crippen molar-refractivity contribution in [3.8, 4) is 0 Å². The number of esters is 1. The van der Waals surface area contributed by atoms with Gasteiger partial charge in [0, 0.05) is 0 Å². The zero-order valence-corrected chi connectivity index (χ0v) is 13.0. The maximum absolute atomic E-state index is 11.8. The van der Waals surface area contributed by atoms with E-state index < -0.39 is 14.5 Å². The van der Waals surface area contributed by atoms with Gasteiger partial charge in [0.15, 0.2) is 9.04 Å². The zero-order chi connectivity index (χ0) is 13.1. The second-order valence-electron chi connectivity index (χ2n) is 6.14. The maximum atomic E-state index is 11.8. The fourth-order valence-electron chi connectivity index (χ4n) is 2.10. The van der Waals surface area contributed by atoms with Gasteiger partial charge in [0.2, 0.25) is 0 Å². The molecule has 1 unspecified atom stereocenters. The monoisotopic (exact) mass is 246 g/mol. The summed E-state index contributed by atoms with van der Waals surface area (Å²) in [6.45, 7) is 14.3. The molecule has 0 radical (unpaired) electrons. The molecule has 4 heteroatoms. The van der Waals surface area contributed by atoms with Gasteiger partial charge in [-0.3, -0.25) is 4.79 Å². The Hall–Kier alpha value is -0.353. The fraction of sp³-hybridized carbons (Fsp3) is 0.917. The molecule has 0 aromatic rings. The van der Waals surface area contributed by atoms with Crippen molar-refractivity contribution in [1.82, 2.24) is 0 Å². The highest BCUT2D eigenvalue weighted by atomic mass is 28.3. The Morgan fingerprint density at radius 3 is 1.81 bits per heavy atom. The number of ether oxygens (including phenoxy) is 1. The Morgan fingerprint density at radius 1 is 1.12 bits per heavy atom. The lowest BCUT2D eigenvalue weighted by atomic mass is 9.73. The lowest BCUT2D eigenvalue weighted by Gasteiger charge is -2.41. The summed E-state index contributed by atoms with van der Waals surface area (Å²) in [4.78, 5) is 11.8. The molecule has 0 fully saturated rings. The van der Waals surface area contributed by atoms with Crippen LogP contribution in [0.2, 0.25) is 13.1 Å². The molecule has 0 spiro atoms. The van der Waals surface area contributed by atoms with Crippen LogP contribution in [0.15, 0.2) is 0 Å². The van der Waals surface area contributed by atoms with E-state index in [2.05, 4.69) is 33.9 Å². The first-order valence-corrected chi connectivity index (χ1v) is 8.55. The van der Waals surface area contributed by atoms with Crippen molar-refractivity contribution in [2.75, 3.05) is 7.11 Å². The summed E-state index contributed by atoms with van der Waals surface area (Å²) < 4.78 is 10.9. The first-order valence-electron chi connectivity index (χ1n) is 5.77. The third kappa shape index (κ3) is 3.90. The lowest BCUT2D eigenvalue weighted by molar-refractivity contribution is -0.160. The number of rotatable bonds is 4. The SMILES string of the molecule is COC(=O)C(C)(C)C(O[SiH](C)C)C(C)(C)C. The van der Waals surface area contributed by atoms with Gasteiger partial charge in [-0.25, -0.2) is 0 Å². The third-order valence-corrected chi connectivity index (χ3v) is 3.38. The number of carbonyl (C=O) groups is 1. The molecular formula is C12H26O3Si. The van der Waals surface area contributed by atoms with Crippen LogP contribution in [0, 0.1) is 10.8 Å². The van der Waals surface area contributed by atoms with Gasteiger partial charge < -0.3 is 9.16 Å². The Balaban J connectivity index is 5.10. The molecule has 0 saturated heterocycles. The molecule has 0 aromatic carbocycles. The number of hydrogen-bond acceptors (Lipinski definition) is 3. The molecule has 0 amide bonds. The van der Waals surface area contributed by atoms with Crippen LogP contribution in [-0.2, 0) is 14.0 Å². The number of methoxy groups -OCH3 is 1. The van der Waals surface area contributed by atoms with E-state index in [1.807, 2.05) is 13.8 Å². The topological polar surface area (TPSA) is 35.5 Å². The van der Waals surface area contributed by atoms with Gasteiger partial charge in [-0.1, -0.05) is 20.8 Å². The van der Waals surface area contributed by atoms with Gasteiger partial charge in [-0.2, -0.15) is 0 Å². The van der Waals surface area contributed by atoms with E-state index in [0.29, 0.717) is 0 Å². The van der Waals surface area contributed by atoms with Crippen LogP contribution in [0.3, 0.4) is 0 Å². The predicted molar refractivity (Wildman–Crippen MR) is 69.0 cm³/mol. The van der Waals surface area contributed by atoms with E-state index >= 15 is 0 Å². The molecule has 1 atom stereocenters. The first kappa shape index (κ1) is 15.6. The fourth-order valence-corrected chi connectivity index (χ4v) is 3.39. The molecule has 0 bridgehead atoms. The summed E-state index contributed by atoms with van der Waals surface area (Å²) in [6, 6.07) is 0. The minimum atomic E-state index is -1.19. The summed E-state index contributed by atoms with van der Waals surface area (Å²) in [6.07, 6.45) is -0.112. The van der Waals surface area contributed by atoms with Crippen molar-refractivity contribution in [3.05, 3.63) is 0 Å². The molecule has 0 rings (SSSR count). The van der Waals surface area contributed by atoms with Crippen molar-refractivity contribution in [2.24, 2.45) is 10.8 Å². The number of hydrogen-bond donors (Lipinski definition) is 0. The molecule has 0 heterocycles. The highest BCUT2D eigenvalue weighted by Crippen LogP contribution is 2.37. The van der Waals surface area contributed by atoms with E-state index in [-0.39, 0.29) is 17.5 Å². The van der Waals surface area contributed by atoms with E-state index in [4.69, 9.17) is 9.16 Å². The molecule has 3 nitrogen and oxygen atoms in total. The highest BCUT2D eigenvalue weighted by Gasteiger charge is 2.45. The average Bonchev–Trinajstić information content (AvgIpc) is 2.10. The van der Waals surface area contributed by atoms with Crippen LogP contribution in [0.1, 0.15) is 34.6 Å². The van der Waals surface area contributed by atoms with E-state index in [1.54, 1.807) is 0 Å². The zero-order valence-electron chi connectivity index (χ0n) is 11.9. The first-order chi connectivity index (χ1) is 7.03. The van der Waals surface area contributed by atoms with Gasteiger partial charge >= 0.3 is 5.97 Å². The van der Waals surface area contributed by atoms with E-state index in [1.165, 1.54) is 7.11 Å². The highest BCUT2D eigenvalue weighted by molar-refractivity contribution is 6.48. The second-order valence-corrected chi connectivity index (χ2v) is 8.51. The standard InChI is InChI=1S/C12H26O3Si/c1-11(2,3)9(15-16(7)8)12(4,5)10(13)14-6/h9,16H,1-8H3. The van der Waals surface area contributed by atoms with Gasteiger partial charge in [-0.15, -0.1) is 0 Å². The van der Waals surface area contributed by atoms with Crippen LogP contribution >= 0.6 is 0 Å². The maximum Gasteiger partial charge on any atom is 0.313 e. The molecule has 0 saturated carbocycles. The van der Waals surface area contributed by atoms with Crippen LogP contribution in [-0.4, -0.2) is 28.2 Å². The molecule has 0 aliphatic heterocycles. The Kier molecular flexibility index (Phi) is 5.20. The Bertz CT molecular complexity index is 241. The van der Waals surface area contributed by atoms with Crippen molar-refractivity contribution in [2.45, 2.75) is 53.8 Å². The lowest BCUT2D eigenvalue weighted by Crippen LogP contribution is -2.49. The summed E-state index contributed by atoms with van der Waals surface area (Å²) in [5.41, 5.74) is -0.681. The minimum Gasteiger partial charge on any atom is -0.469 e. The average molecular weight is 246 g/mol. The van der Waals surface area contributed by atoms with Crippen LogP contribution in [0.5, 0.6) is 0 Å². The normalized spacial score (nSPS) is 15.1. The molecular weight excluding hydrogens is 220 g/mol. The second kappa shape index (κ2) is 5.32. The van der Waals surface area contributed by atoms with Crippen LogP contribution in [0.25, 0.3) is 0 Å².